The Kier molecular flexibility index (Phi) is 5.60. The normalized spacial score (nSPS) is 12.2. The maximum absolute atomic E-state index is 12.0. The van der Waals surface area contributed by atoms with E-state index in [0.717, 1.165) is 5.56 Å². The molecule has 0 aromatic heterocycles. The molecule has 134 valence electrons. The smallest absolute Gasteiger partial charge is 0.259 e. The molecule has 7 nitrogen and oxygen atoms in total. The molecule has 0 aliphatic carbocycles. The Balaban J connectivity index is 1.49. The molecule has 0 atom stereocenters. The number of hydrogen-bond donors (Lipinski definition) is 2. The third kappa shape index (κ3) is 4.44. The fraction of sp³-hybridized carbons (Fsp3) is 0.118. The van der Waals surface area contributed by atoms with E-state index < -0.39 is 11.8 Å². The Morgan fingerprint density at radius 2 is 1.92 bits per heavy atom. The van der Waals surface area contributed by atoms with E-state index in [1.165, 1.54) is 24.4 Å². The van der Waals surface area contributed by atoms with Gasteiger partial charge in [0, 0.05) is 5.02 Å². The maximum atomic E-state index is 12.0. The zero-order valence-corrected chi connectivity index (χ0v) is 14.8. The molecule has 0 saturated carbocycles. The zero-order valence-electron chi connectivity index (χ0n) is 13.3. The lowest BCUT2D eigenvalue weighted by Crippen LogP contribution is -2.35. The first-order chi connectivity index (χ1) is 12.5. The van der Waals surface area contributed by atoms with E-state index in [0.29, 0.717) is 16.5 Å². The highest BCUT2D eigenvalue weighted by molar-refractivity contribution is 6.36. The van der Waals surface area contributed by atoms with Gasteiger partial charge in [-0.15, -0.1) is 0 Å². The minimum absolute atomic E-state index is 0.185. The first-order valence-corrected chi connectivity index (χ1v) is 8.23. The summed E-state index contributed by atoms with van der Waals surface area (Å²) in [6.45, 7) is -0.0692. The van der Waals surface area contributed by atoms with Crippen molar-refractivity contribution in [2.75, 3.05) is 13.3 Å². The molecule has 0 fully saturated rings. The fourth-order valence-corrected chi connectivity index (χ4v) is 2.64. The summed E-state index contributed by atoms with van der Waals surface area (Å²) in [5, 5.41) is 6.91. The van der Waals surface area contributed by atoms with Gasteiger partial charge < -0.3 is 14.8 Å². The number of hydrazone groups is 1. The summed E-state index contributed by atoms with van der Waals surface area (Å²) < 4.78 is 10.5. The molecule has 2 aromatic carbocycles. The molecule has 0 radical (unpaired) electrons. The third-order valence-corrected chi connectivity index (χ3v) is 3.93. The van der Waals surface area contributed by atoms with Gasteiger partial charge in [-0.05, 0) is 42.0 Å². The van der Waals surface area contributed by atoms with Crippen molar-refractivity contribution in [1.29, 1.82) is 0 Å². The molecular weight excluding hydrogens is 381 g/mol. The van der Waals surface area contributed by atoms with Crippen molar-refractivity contribution in [3.8, 4) is 11.5 Å². The van der Waals surface area contributed by atoms with Crippen molar-refractivity contribution in [2.45, 2.75) is 0 Å². The van der Waals surface area contributed by atoms with Crippen molar-refractivity contribution >= 4 is 41.2 Å². The van der Waals surface area contributed by atoms with Gasteiger partial charge >= 0.3 is 0 Å². The highest BCUT2D eigenvalue weighted by Crippen LogP contribution is 2.31. The Morgan fingerprint density at radius 3 is 2.73 bits per heavy atom. The van der Waals surface area contributed by atoms with Gasteiger partial charge in [0.15, 0.2) is 11.5 Å². The molecule has 26 heavy (non-hydrogen) atoms. The van der Waals surface area contributed by atoms with Crippen LogP contribution in [0.4, 0.5) is 0 Å². The number of nitrogens with zero attached hydrogens (tertiary/aromatic N) is 1. The lowest BCUT2D eigenvalue weighted by molar-refractivity contribution is -0.120. The number of halogens is 2. The number of fused-ring (bicyclic) bond motifs is 1. The fourth-order valence-electron chi connectivity index (χ4n) is 2.14. The second kappa shape index (κ2) is 8.07. The monoisotopic (exact) mass is 393 g/mol. The van der Waals surface area contributed by atoms with Crippen LogP contribution in [0.25, 0.3) is 0 Å². The van der Waals surface area contributed by atoms with Crippen LogP contribution < -0.4 is 20.2 Å². The van der Waals surface area contributed by atoms with E-state index in [-0.39, 0.29) is 23.9 Å². The van der Waals surface area contributed by atoms with Crippen LogP contribution in [0.3, 0.4) is 0 Å². The minimum Gasteiger partial charge on any atom is -0.454 e. The van der Waals surface area contributed by atoms with Crippen molar-refractivity contribution in [3.63, 3.8) is 0 Å². The van der Waals surface area contributed by atoms with E-state index in [1.54, 1.807) is 18.2 Å². The maximum Gasteiger partial charge on any atom is 0.259 e. The number of ether oxygens (including phenoxy) is 2. The molecule has 9 heteroatoms. The predicted molar refractivity (Wildman–Crippen MR) is 97.1 cm³/mol. The summed E-state index contributed by atoms with van der Waals surface area (Å²) in [6, 6.07) is 9.74. The molecule has 0 unspecified atom stereocenters. The number of rotatable bonds is 5. The van der Waals surface area contributed by atoms with Gasteiger partial charge in [-0.1, -0.05) is 23.2 Å². The van der Waals surface area contributed by atoms with Gasteiger partial charge in [0.1, 0.15) is 0 Å². The van der Waals surface area contributed by atoms with E-state index in [1.807, 2.05) is 0 Å². The molecule has 0 bridgehead atoms. The van der Waals surface area contributed by atoms with Gasteiger partial charge in [-0.2, -0.15) is 5.10 Å². The van der Waals surface area contributed by atoms with E-state index in [4.69, 9.17) is 32.7 Å². The molecule has 3 rings (SSSR count). The quantitative estimate of drug-likeness (QED) is 0.603. The van der Waals surface area contributed by atoms with Crippen molar-refractivity contribution in [3.05, 3.63) is 57.6 Å². The van der Waals surface area contributed by atoms with Crippen LogP contribution in [0.1, 0.15) is 15.9 Å². The topological polar surface area (TPSA) is 89.0 Å². The summed E-state index contributed by atoms with van der Waals surface area (Å²) in [7, 11) is 0. The van der Waals surface area contributed by atoms with Crippen LogP contribution in [0.5, 0.6) is 11.5 Å². The second-order valence-corrected chi connectivity index (χ2v) is 6.06. The van der Waals surface area contributed by atoms with Gasteiger partial charge in [-0.25, -0.2) is 5.43 Å². The molecular formula is C17H13Cl2N3O4. The Labute approximate surface area is 158 Å². The lowest BCUT2D eigenvalue weighted by atomic mass is 10.2. The Hall–Kier alpha value is -2.77. The number of carbonyl (C=O) groups is 2. The summed E-state index contributed by atoms with van der Waals surface area (Å²) >= 11 is 11.7. The van der Waals surface area contributed by atoms with E-state index in [9.17, 15) is 9.59 Å². The Bertz CT molecular complexity index is 886. The average Bonchev–Trinajstić information content (AvgIpc) is 3.07. The van der Waals surface area contributed by atoms with Gasteiger partial charge in [-0.3, -0.25) is 9.59 Å². The van der Waals surface area contributed by atoms with E-state index in [2.05, 4.69) is 15.8 Å². The van der Waals surface area contributed by atoms with Crippen molar-refractivity contribution in [1.82, 2.24) is 10.7 Å². The molecule has 2 N–H and O–H groups in total. The van der Waals surface area contributed by atoms with Crippen LogP contribution in [0.2, 0.25) is 10.0 Å². The van der Waals surface area contributed by atoms with Crippen molar-refractivity contribution < 1.29 is 19.1 Å². The summed E-state index contributed by atoms with van der Waals surface area (Å²) in [6.07, 6.45) is 1.46. The van der Waals surface area contributed by atoms with Gasteiger partial charge in [0.25, 0.3) is 11.8 Å². The van der Waals surface area contributed by atoms with Crippen LogP contribution >= 0.6 is 23.2 Å². The summed E-state index contributed by atoms with van der Waals surface area (Å²) in [5.41, 5.74) is 3.28. The summed E-state index contributed by atoms with van der Waals surface area (Å²) in [4.78, 5) is 23.8. The largest absolute Gasteiger partial charge is 0.454 e. The third-order valence-electron chi connectivity index (χ3n) is 3.38. The predicted octanol–water partition coefficient (Wildman–Crippen LogP) is 2.60. The van der Waals surface area contributed by atoms with Crippen LogP contribution in [-0.2, 0) is 4.79 Å². The second-order valence-electron chi connectivity index (χ2n) is 5.21. The average molecular weight is 394 g/mol. The van der Waals surface area contributed by atoms with Crippen LogP contribution in [0, 0.1) is 0 Å². The highest BCUT2D eigenvalue weighted by Gasteiger charge is 2.13. The van der Waals surface area contributed by atoms with E-state index >= 15 is 0 Å². The zero-order chi connectivity index (χ0) is 18.5. The number of hydrogen-bond acceptors (Lipinski definition) is 5. The SMILES string of the molecule is O=C(CNC(=O)c1ccc(Cl)cc1Cl)NN=Cc1ccc2c(c1)OCO2. The molecule has 0 spiro atoms. The Morgan fingerprint density at radius 1 is 1.12 bits per heavy atom. The standard InChI is InChI=1S/C17H13Cl2N3O4/c18-11-2-3-12(13(19)6-11)17(24)20-8-16(23)22-21-7-10-1-4-14-15(5-10)26-9-25-14/h1-7H,8-9H2,(H,20,24)(H,22,23). The molecule has 0 saturated heterocycles. The lowest BCUT2D eigenvalue weighted by Gasteiger charge is -2.06. The minimum atomic E-state index is -0.486. The van der Waals surface area contributed by atoms with Crippen LogP contribution in [-0.4, -0.2) is 31.4 Å². The van der Waals surface area contributed by atoms with Crippen LogP contribution in [0.15, 0.2) is 41.5 Å². The van der Waals surface area contributed by atoms with Gasteiger partial charge in [0.05, 0.1) is 23.3 Å². The highest BCUT2D eigenvalue weighted by atomic mass is 35.5. The number of benzene rings is 2. The molecule has 1 aliphatic rings. The molecule has 1 heterocycles. The number of amides is 2. The van der Waals surface area contributed by atoms with Crippen molar-refractivity contribution in [2.24, 2.45) is 5.10 Å². The van der Waals surface area contributed by atoms with Gasteiger partial charge in [0.2, 0.25) is 6.79 Å². The summed E-state index contributed by atoms with van der Waals surface area (Å²) in [5.74, 6) is 0.309. The molecule has 1 aliphatic heterocycles. The number of nitrogens with one attached hydrogen (secondary N) is 2. The first-order valence-electron chi connectivity index (χ1n) is 7.48. The molecule has 2 aromatic rings. The molecule has 2 amide bonds. The number of carbonyl (C=O) groups excluding carboxylic acids is 2. The first kappa shape index (κ1) is 18.0.